The van der Waals surface area contributed by atoms with Gasteiger partial charge in [-0.25, -0.2) is 9.07 Å². The van der Waals surface area contributed by atoms with Crippen molar-refractivity contribution >= 4 is 0 Å². The van der Waals surface area contributed by atoms with Crippen LogP contribution in [0.4, 0.5) is 4.39 Å². The van der Waals surface area contributed by atoms with Crippen molar-refractivity contribution in [3.8, 4) is 5.82 Å². The molecule has 0 unspecified atom stereocenters. The Morgan fingerprint density at radius 3 is 2.43 bits per heavy atom. The molecule has 0 saturated carbocycles. The third-order valence-electron chi connectivity index (χ3n) is 2.18. The van der Waals surface area contributed by atoms with Gasteiger partial charge in [-0.15, -0.1) is 5.10 Å². The number of rotatable bonds is 1. The van der Waals surface area contributed by atoms with Gasteiger partial charge in [-0.1, -0.05) is 0 Å². The molecule has 14 heavy (non-hydrogen) atoms. The van der Waals surface area contributed by atoms with Crippen LogP contribution in [0.3, 0.4) is 0 Å². The number of nitrogens with zero attached hydrogens (tertiary/aromatic N) is 4. The van der Waals surface area contributed by atoms with Gasteiger partial charge >= 0.3 is 0 Å². The third-order valence-corrected chi connectivity index (χ3v) is 2.18. The molecule has 2 aromatic rings. The normalized spacial score (nSPS) is 10.9. The zero-order chi connectivity index (χ0) is 10.3. The topological polar surface area (TPSA) is 35.6 Å². The van der Waals surface area contributed by atoms with E-state index in [0.29, 0.717) is 5.69 Å². The Morgan fingerprint density at radius 2 is 2.00 bits per heavy atom. The highest BCUT2D eigenvalue weighted by molar-refractivity contribution is 5.26. The van der Waals surface area contributed by atoms with Crippen molar-refractivity contribution in [2.75, 3.05) is 0 Å². The van der Waals surface area contributed by atoms with Crippen molar-refractivity contribution in [2.24, 2.45) is 7.05 Å². The molecule has 4 nitrogen and oxygen atoms in total. The highest BCUT2D eigenvalue weighted by Gasteiger charge is 2.14. The van der Waals surface area contributed by atoms with Gasteiger partial charge in [-0.3, -0.25) is 4.68 Å². The van der Waals surface area contributed by atoms with E-state index >= 15 is 0 Å². The summed E-state index contributed by atoms with van der Waals surface area (Å²) < 4.78 is 16.5. The summed E-state index contributed by atoms with van der Waals surface area (Å²) in [5.74, 6) is -0.0753. The minimum absolute atomic E-state index is 0.248. The van der Waals surface area contributed by atoms with E-state index in [1.54, 1.807) is 20.2 Å². The monoisotopic (exact) mass is 194 g/mol. The fraction of sp³-hybridized carbons (Fsp3) is 0.333. The number of aryl methyl sites for hydroxylation is 2. The summed E-state index contributed by atoms with van der Waals surface area (Å²) in [5.41, 5.74) is 1.35. The maximum Gasteiger partial charge on any atom is 0.211 e. The number of halogens is 1. The Labute approximate surface area is 81.0 Å². The van der Waals surface area contributed by atoms with Crippen LogP contribution in [0.2, 0.25) is 0 Å². The number of hydrogen-bond donors (Lipinski definition) is 0. The molecule has 0 spiro atoms. The average molecular weight is 194 g/mol. The van der Waals surface area contributed by atoms with Crippen LogP contribution in [-0.2, 0) is 7.05 Å². The van der Waals surface area contributed by atoms with Gasteiger partial charge in [-0.05, 0) is 19.9 Å². The molecule has 0 fully saturated rings. The SMILES string of the molecule is Cc1ccn(-c2nn(C)c(C)c2F)n1. The number of hydrogen-bond acceptors (Lipinski definition) is 2. The summed E-state index contributed by atoms with van der Waals surface area (Å²) in [7, 11) is 1.71. The highest BCUT2D eigenvalue weighted by Crippen LogP contribution is 2.14. The zero-order valence-electron chi connectivity index (χ0n) is 8.32. The van der Waals surface area contributed by atoms with Crippen molar-refractivity contribution < 1.29 is 4.39 Å². The first-order chi connectivity index (χ1) is 6.59. The van der Waals surface area contributed by atoms with E-state index < -0.39 is 0 Å². The highest BCUT2D eigenvalue weighted by atomic mass is 19.1. The molecule has 2 aromatic heterocycles. The maximum absolute atomic E-state index is 13.6. The van der Waals surface area contributed by atoms with E-state index in [2.05, 4.69) is 10.2 Å². The summed E-state index contributed by atoms with van der Waals surface area (Å²) in [6, 6.07) is 1.81. The molecule has 0 aliphatic rings. The maximum atomic E-state index is 13.6. The molecule has 0 aromatic carbocycles. The lowest BCUT2D eigenvalue weighted by Gasteiger charge is -1.93. The predicted molar refractivity (Wildman–Crippen MR) is 49.8 cm³/mol. The largest absolute Gasteiger partial charge is 0.268 e. The standard InChI is InChI=1S/C9H11FN4/c1-6-4-5-14(11-6)9-8(10)7(2)13(3)12-9/h4-5H,1-3H3. The van der Waals surface area contributed by atoms with Gasteiger partial charge in [0.2, 0.25) is 5.82 Å². The summed E-state index contributed by atoms with van der Waals surface area (Å²) in [6.07, 6.45) is 1.69. The van der Waals surface area contributed by atoms with E-state index in [1.165, 1.54) is 9.36 Å². The second-order valence-corrected chi connectivity index (χ2v) is 3.25. The van der Waals surface area contributed by atoms with Crippen LogP contribution in [0.15, 0.2) is 12.3 Å². The van der Waals surface area contributed by atoms with Crippen LogP contribution in [0.1, 0.15) is 11.4 Å². The van der Waals surface area contributed by atoms with Crippen molar-refractivity contribution in [1.82, 2.24) is 19.6 Å². The Bertz CT molecular complexity index is 469. The van der Waals surface area contributed by atoms with Gasteiger partial charge in [0.1, 0.15) is 0 Å². The van der Waals surface area contributed by atoms with Gasteiger partial charge < -0.3 is 0 Å². The molecule has 0 radical (unpaired) electrons. The molecule has 0 atom stereocenters. The molecule has 0 bridgehead atoms. The minimum atomic E-state index is -0.324. The van der Waals surface area contributed by atoms with Crippen LogP contribution in [0.25, 0.3) is 5.82 Å². The molecule has 0 N–H and O–H groups in total. The van der Waals surface area contributed by atoms with E-state index in [4.69, 9.17) is 0 Å². The van der Waals surface area contributed by atoms with E-state index in [1.807, 2.05) is 13.0 Å². The van der Waals surface area contributed by atoms with Gasteiger partial charge in [-0.2, -0.15) is 5.10 Å². The molecular formula is C9H11FN4. The molecule has 0 amide bonds. The van der Waals surface area contributed by atoms with E-state index in [0.717, 1.165) is 5.69 Å². The summed E-state index contributed by atoms with van der Waals surface area (Å²) in [6.45, 7) is 3.53. The van der Waals surface area contributed by atoms with Gasteiger partial charge in [0, 0.05) is 13.2 Å². The summed E-state index contributed by atoms with van der Waals surface area (Å²) in [4.78, 5) is 0. The minimum Gasteiger partial charge on any atom is -0.268 e. The predicted octanol–water partition coefficient (Wildman–Crippen LogP) is 1.36. The Hall–Kier alpha value is -1.65. The first-order valence-corrected chi connectivity index (χ1v) is 4.31. The Morgan fingerprint density at radius 1 is 1.29 bits per heavy atom. The second-order valence-electron chi connectivity index (χ2n) is 3.25. The van der Waals surface area contributed by atoms with Crippen LogP contribution in [-0.4, -0.2) is 19.6 Å². The fourth-order valence-corrected chi connectivity index (χ4v) is 1.24. The van der Waals surface area contributed by atoms with Crippen LogP contribution in [0.5, 0.6) is 0 Å². The molecular weight excluding hydrogens is 183 g/mol. The lowest BCUT2D eigenvalue weighted by atomic mass is 10.4. The van der Waals surface area contributed by atoms with E-state index in [9.17, 15) is 4.39 Å². The van der Waals surface area contributed by atoms with Crippen LogP contribution in [0, 0.1) is 19.7 Å². The third kappa shape index (κ3) is 1.21. The molecule has 0 aliphatic heterocycles. The van der Waals surface area contributed by atoms with E-state index in [-0.39, 0.29) is 11.6 Å². The molecule has 5 heteroatoms. The van der Waals surface area contributed by atoms with Gasteiger partial charge in [0.15, 0.2) is 5.82 Å². The quantitative estimate of drug-likeness (QED) is 0.687. The fourth-order valence-electron chi connectivity index (χ4n) is 1.24. The van der Waals surface area contributed by atoms with Gasteiger partial charge in [0.05, 0.1) is 11.4 Å². The van der Waals surface area contributed by atoms with Crippen LogP contribution >= 0.6 is 0 Å². The summed E-state index contributed by atoms with van der Waals surface area (Å²) in [5, 5.41) is 8.13. The molecule has 2 rings (SSSR count). The van der Waals surface area contributed by atoms with Crippen molar-refractivity contribution in [3.05, 3.63) is 29.5 Å². The van der Waals surface area contributed by atoms with Gasteiger partial charge in [0.25, 0.3) is 0 Å². The molecule has 0 saturated heterocycles. The lowest BCUT2D eigenvalue weighted by molar-refractivity contribution is 0.599. The lowest BCUT2D eigenvalue weighted by Crippen LogP contribution is -1.99. The van der Waals surface area contributed by atoms with Crippen molar-refractivity contribution in [3.63, 3.8) is 0 Å². The Kier molecular flexibility index (Phi) is 1.87. The molecule has 2 heterocycles. The van der Waals surface area contributed by atoms with Crippen LogP contribution < -0.4 is 0 Å². The van der Waals surface area contributed by atoms with Crippen molar-refractivity contribution in [1.29, 1.82) is 0 Å². The number of aromatic nitrogens is 4. The first-order valence-electron chi connectivity index (χ1n) is 4.31. The molecule has 74 valence electrons. The second kappa shape index (κ2) is 2.94. The Balaban J connectivity index is 2.57. The first kappa shape index (κ1) is 8.93. The van der Waals surface area contributed by atoms with Crippen molar-refractivity contribution in [2.45, 2.75) is 13.8 Å². The average Bonchev–Trinajstić information content (AvgIpc) is 2.66. The zero-order valence-corrected chi connectivity index (χ0v) is 8.32. The summed E-state index contributed by atoms with van der Waals surface area (Å²) >= 11 is 0. The molecule has 0 aliphatic carbocycles. The smallest absolute Gasteiger partial charge is 0.211 e.